The molecule has 9 heteroatoms. The average molecular weight is 433 g/mol. The molecule has 0 atom stereocenters. The van der Waals surface area contributed by atoms with E-state index in [-0.39, 0.29) is 18.0 Å². The van der Waals surface area contributed by atoms with Crippen molar-refractivity contribution in [1.29, 1.82) is 0 Å². The number of ether oxygens (including phenoxy) is 1. The van der Waals surface area contributed by atoms with Crippen LogP contribution < -0.4 is 15.5 Å². The van der Waals surface area contributed by atoms with Gasteiger partial charge in [-0.05, 0) is 58.4 Å². The van der Waals surface area contributed by atoms with Crippen molar-refractivity contribution in [3.05, 3.63) is 12.3 Å². The second-order valence-electron chi connectivity index (χ2n) is 9.43. The predicted octanol–water partition coefficient (Wildman–Crippen LogP) is 2.64. The van der Waals surface area contributed by atoms with Crippen molar-refractivity contribution in [3.8, 4) is 0 Å². The van der Waals surface area contributed by atoms with Gasteiger partial charge in [0.2, 0.25) is 11.9 Å². The normalized spacial score (nSPS) is 18.6. The van der Waals surface area contributed by atoms with Gasteiger partial charge < -0.3 is 25.2 Å². The first-order chi connectivity index (χ1) is 14.7. The summed E-state index contributed by atoms with van der Waals surface area (Å²) < 4.78 is 5.43. The van der Waals surface area contributed by atoms with Crippen LogP contribution in [0.5, 0.6) is 0 Å². The monoisotopic (exact) mass is 432 g/mol. The fraction of sp³-hybridized carbons (Fsp3) is 0.727. The maximum Gasteiger partial charge on any atom is 0.410 e. The third-order valence-electron chi connectivity index (χ3n) is 5.79. The summed E-state index contributed by atoms with van der Waals surface area (Å²) in [7, 11) is 1.81. The molecule has 31 heavy (non-hydrogen) atoms. The summed E-state index contributed by atoms with van der Waals surface area (Å²) in [5.74, 6) is 2.06. The second-order valence-corrected chi connectivity index (χ2v) is 9.43. The number of nitrogens with zero attached hydrogens (tertiary/aromatic N) is 4. The first-order valence-corrected chi connectivity index (χ1v) is 11.3. The minimum Gasteiger partial charge on any atom is -0.444 e. The van der Waals surface area contributed by atoms with Crippen molar-refractivity contribution in [1.82, 2.24) is 20.2 Å². The van der Waals surface area contributed by atoms with Crippen LogP contribution in [0.3, 0.4) is 0 Å². The number of likely N-dealkylation sites (tertiary alicyclic amines) is 1. The van der Waals surface area contributed by atoms with Gasteiger partial charge in [0.15, 0.2) is 0 Å². The summed E-state index contributed by atoms with van der Waals surface area (Å²) in [6, 6.07) is 2.06. The Bertz CT molecular complexity index is 750. The van der Waals surface area contributed by atoms with Crippen molar-refractivity contribution >= 4 is 23.8 Å². The van der Waals surface area contributed by atoms with E-state index in [1.54, 1.807) is 11.1 Å². The lowest BCUT2D eigenvalue weighted by Crippen LogP contribution is -2.48. The summed E-state index contributed by atoms with van der Waals surface area (Å²) in [5, 5.41) is 6.14. The van der Waals surface area contributed by atoms with Crippen LogP contribution in [0.2, 0.25) is 0 Å². The maximum absolute atomic E-state index is 12.6. The zero-order valence-corrected chi connectivity index (χ0v) is 19.2. The number of amides is 2. The molecule has 0 radical (unpaired) electrons. The van der Waals surface area contributed by atoms with Gasteiger partial charge >= 0.3 is 6.09 Å². The van der Waals surface area contributed by atoms with Crippen molar-refractivity contribution in [2.45, 2.75) is 64.5 Å². The van der Waals surface area contributed by atoms with Gasteiger partial charge in [-0.2, -0.15) is 4.98 Å². The van der Waals surface area contributed by atoms with Crippen LogP contribution in [0.1, 0.15) is 52.9 Å². The molecule has 9 nitrogen and oxygen atoms in total. The van der Waals surface area contributed by atoms with Gasteiger partial charge in [0.05, 0.1) is 0 Å². The molecule has 0 bridgehead atoms. The van der Waals surface area contributed by atoms with E-state index in [0.29, 0.717) is 31.4 Å². The third kappa shape index (κ3) is 6.97. The summed E-state index contributed by atoms with van der Waals surface area (Å²) in [4.78, 5) is 37.4. The molecule has 1 aromatic rings. The SMILES string of the molecule is CNc1nccc(N2CCC(CC(=O)NC3CCN(C(=O)OC(C)(C)C)CC3)CC2)n1. The molecular weight excluding hydrogens is 396 g/mol. The molecule has 172 valence electrons. The number of rotatable bonds is 5. The Hall–Kier alpha value is -2.58. The number of nitrogens with one attached hydrogen (secondary N) is 2. The van der Waals surface area contributed by atoms with Crippen molar-refractivity contribution in [2.24, 2.45) is 5.92 Å². The van der Waals surface area contributed by atoms with E-state index in [9.17, 15) is 9.59 Å². The predicted molar refractivity (Wildman–Crippen MR) is 120 cm³/mol. The van der Waals surface area contributed by atoms with Gasteiger partial charge in [-0.3, -0.25) is 4.79 Å². The molecular formula is C22H36N6O3. The van der Waals surface area contributed by atoms with Crippen molar-refractivity contribution < 1.29 is 14.3 Å². The van der Waals surface area contributed by atoms with E-state index < -0.39 is 5.60 Å². The van der Waals surface area contributed by atoms with Crippen LogP contribution in [0.25, 0.3) is 0 Å². The Balaban J connectivity index is 1.37. The molecule has 0 unspecified atom stereocenters. The Morgan fingerprint density at radius 2 is 1.81 bits per heavy atom. The molecule has 2 N–H and O–H groups in total. The average Bonchev–Trinajstić information content (AvgIpc) is 2.73. The quantitative estimate of drug-likeness (QED) is 0.738. The van der Waals surface area contributed by atoms with E-state index in [1.165, 1.54) is 0 Å². The fourth-order valence-electron chi connectivity index (χ4n) is 4.09. The van der Waals surface area contributed by atoms with Crippen LogP contribution >= 0.6 is 0 Å². The molecule has 2 amide bonds. The fourth-order valence-corrected chi connectivity index (χ4v) is 4.09. The van der Waals surface area contributed by atoms with Gasteiger partial charge in [0.25, 0.3) is 0 Å². The first kappa shape index (κ1) is 23.1. The molecule has 2 aliphatic rings. The zero-order chi connectivity index (χ0) is 22.4. The summed E-state index contributed by atoms with van der Waals surface area (Å²) in [6.45, 7) is 8.64. The highest BCUT2D eigenvalue weighted by Crippen LogP contribution is 2.24. The van der Waals surface area contributed by atoms with Crippen LogP contribution in [0.4, 0.5) is 16.6 Å². The van der Waals surface area contributed by atoms with Crippen LogP contribution in [0, 0.1) is 5.92 Å². The molecule has 2 fully saturated rings. The maximum atomic E-state index is 12.6. The summed E-state index contributed by atoms with van der Waals surface area (Å²) >= 11 is 0. The van der Waals surface area contributed by atoms with E-state index in [0.717, 1.165) is 44.6 Å². The Labute approximate surface area is 184 Å². The molecule has 0 aliphatic carbocycles. The lowest BCUT2D eigenvalue weighted by atomic mass is 9.93. The molecule has 0 aromatic carbocycles. The lowest BCUT2D eigenvalue weighted by Gasteiger charge is -2.34. The van der Waals surface area contributed by atoms with Crippen LogP contribution in [0.15, 0.2) is 12.3 Å². The van der Waals surface area contributed by atoms with E-state index in [1.807, 2.05) is 33.9 Å². The lowest BCUT2D eigenvalue weighted by molar-refractivity contribution is -0.123. The minimum atomic E-state index is -0.486. The molecule has 0 saturated carbocycles. The van der Waals surface area contributed by atoms with Gasteiger partial charge in [0.1, 0.15) is 11.4 Å². The highest BCUT2D eigenvalue weighted by Gasteiger charge is 2.28. The Morgan fingerprint density at radius 3 is 2.42 bits per heavy atom. The smallest absolute Gasteiger partial charge is 0.410 e. The number of carbonyl (C=O) groups excluding carboxylic acids is 2. The Morgan fingerprint density at radius 1 is 1.13 bits per heavy atom. The van der Waals surface area contributed by atoms with E-state index >= 15 is 0 Å². The molecule has 3 heterocycles. The standard InChI is InChI=1S/C22H36N6O3/c1-22(2,3)31-21(30)28-13-8-17(9-14-28)25-19(29)15-16-6-11-27(12-7-16)18-5-10-24-20(23-4)26-18/h5,10,16-17H,6-9,11-15H2,1-4H3,(H,25,29)(H,23,24,26). The molecule has 1 aromatic heterocycles. The topological polar surface area (TPSA) is 99.7 Å². The minimum absolute atomic E-state index is 0.119. The van der Waals surface area contributed by atoms with Crippen molar-refractivity contribution in [3.63, 3.8) is 0 Å². The van der Waals surface area contributed by atoms with Crippen LogP contribution in [-0.2, 0) is 9.53 Å². The van der Waals surface area contributed by atoms with Gasteiger partial charge in [0, 0.05) is 51.9 Å². The van der Waals surface area contributed by atoms with Crippen LogP contribution in [-0.4, -0.2) is 71.7 Å². The summed E-state index contributed by atoms with van der Waals surface area (Å²) in [5.41, 5.74) is -0.486. The summed E-state index contributed by atoms with van der Waals surface area (Å²) in [6.07, 6.45) is 5.55. The molecule has 2 aliphatic heterocycles. The first-order valence-electron chi connectivity index (χ1n) is 11.3. The second kappa shape index (κ2) is 10.2. The number of aromatic nitrogens is 2. The number of anilines is 2. The zero-order valence-electron chi connectivity index (χ0n) is 19.2. The number of hydrogen-bond donors (Lipinski definition) is 2. The van der Waals surface area contributed by atoms with E-state index in [2.05, 4.69) is 25.5 Å². The largest absolute Gasteiger partial charge is 0.444 e. The van der Waals surface area contributed by atoms with Crippen molar-refractivity contribution in [2.75, 3.05) is 43.4 Å². The number of carbonyl (C=O) groups is 2. The number of hydrogen-bond acceptors (Lipinski definition) is 7. The third-order valence-corrected chi connectivity index (χ3v) is 5.79. The highest BCUT2D eigenvalue weighted by atomic mass is 16.6. The van der Waals surface area contributed by atoms with Gasteiger partial charge in [-0.1, -0.05) is 0 Å². The Kier molecular flexibility index (Phi) is 7.56. The van der Waals surface area contributed by atoms with Gasteiger partial charge in [-0.15, -0.1) is 0 Å². The highest BCUT2D eigenvalue weighted by molar-refractivity contribution is 5.76. The van der Waals surface area contributed by atoms with E-state index in [4.69, 9.17) is 4.74 Å². The molecule has 3 rings (SSSR count). The van der Waals surface area contributed by atoms with Gasteiger partial charge in [-0.25, -0.2) is 9.78 Å². The molecule has 2 saturated heterocycles. The number of piperidine rings is 2. The molecule has 0 spiro atoms.